The number of sulfonamides is 1. The van der Waals surface area contributed by atoms with Crippen molar-refractivity contribution in [2.45, 2.75) is 11.8 Å². The molecule has 0 saturated heterocycles. The van der Waals surface area contributed by atoms with Crippen LogP contribution in [0.4, 0.5) is 5.82 Å². The maximum absolute atomic E-state index is 13.0. The molecule has 10 nitrogen and oxygen atoms in total. The molecule has 0 amide bonds. The summed E-state index contributed by atoms with van der Waals surface area (Å²) in [4.78, 5) is 8.38. The van der Waals surface area contributed by atoms with Gasteiger partial charge in [0.1, 0.15) is 29.7 Å². The van der Waals surface area contributed by atoms with E-state index in [1.807, 2.05) is 0 Å². The van der Waals surface area contributed by atoms with E-state index in [4.69, 9.17) is 24.1 Å². The minimum Gasteiger partial charge on any atom is -0.497 e. The van der Waals surface area contributed by atoms with Crippen LogP contribution < -0.4 is 23.7 Å². The molecule has 32 heavy (non-hydrogen) atoms. The van der Waals surface area contributed by atoms with Crippen molar-refractivity contribution in [1.82, 2.24) is 9.97 Å². The molecule has 3 aromatic rings. The Labute approximate surface area is 185 Å². The van der Waals surface area contributed by atoms with Gasteiger partial charge in [-0.2, -0.15) is 4.98 Å². The lowest BCUT2D eigenvalue weighted by Gasteiger charge is -2.16. The van der Waals surface area contributed by atoms with E-state index in [9.17, 15) is 8.42 Å². The van der Waals surface area contributed by atoms with E-state index in [1.165, 1.54) is 38.5 Å². The molecule has 0 fully saturated rings. The van der Waals surface area contributed by atoms with E-state index >= 15 is 0 Å². The number of aliphatic hydroxyl groups excluding tert-OH is 1. The van der Waals surface area contributed by atoms with Gasteiger partial charge in [-0.25, -0.2) is 13.4 Å². The molecule has 1 aromatic heterocycles. The highest BCUT2D eigenvalue weighted by molar-refractivity contribution is 7.92. The highest BCUT2D eigenvalue weighted by Crippen LogP contribution is 2.38. The highest BCUT2D eigenvalue weighted by atomic mass is 32.2. The number of aliphatic hydroxyl groups is 1. The van der Waals surface area contributed by atoms with Crippen molar-refractivity contribution in [1.29, 1.82) is 0 Å². The number of methoxy groups -OCH3 is 2. The first kappa shape index (κ1) is 23.1. The smallest absolute Gasteiger partial charge is 0.263 e. The van der Waals surface area contributed by atoms with Gasteiger partial charge >= 0.3 is 0 Å². The first-order chi connectivity index (χ1) is 15.4. The first-order valence-electron chi connectivity index (χ1n) is 9.47. The van der Waals surface area contributed by atoms with Gasteiger partial charge in [0.25, 0.3) is 15.9 Å². The lowest BCUT2D eigenvalue weighted by Crippen LogP contribution is -2.16. The summed E-state index contributed by atoms with van der Waals surface area (Å²) in [6.07, 6.45) is 0. The number of nitrogens with one attached hydrogen (secondary N) is 1. The summed E-state index contributed by atoms with van der Waals surface area (Å²) < 4.78 is 50.0. The third-order valence-electron chi connectivity index (χ3n) is 4.14. The average Bonchev–Trinajstić information content (AvgIpc) is 2.79. The maximum Gasteiger partial charge on any atom is 0.263 e. The van der Waals surface area contributed by atoms with Crippen LogP contribution in [0.15, 0.2) is 53.4 Å². The van der Waals surface area contributed by atoms with Gasteiger partial charge in [0.05, 0.1) is 25.7 Å². The number of rotatable bonds is 10. The third kappa shape index (κ3) is 5.56. The number of nitrogens with zero attached hydrogens (tertiary/aromatic N) is 2. The molecule has 0 radical (unpaired) electrons. The van der Waals surface area contributed by atoms with Gasteiger partial charge in [-0.05, 0) is 43.3 Å². The second kappa shape index (κ2) is 10.2. The van der Waals surface area contributed by atoms with Crippen molar-refractivity contribution in [3.8, 4) is 28.9 Å². The van der Waals surface area contributed by atoms with Crippen molar-refractivity contribution < 1.29 is 32.5 Å². The molecule has 0 aliphatic rings. The molecule has 0 aliphatic carbocycles. The molecular formula is C21H23N3O7S. The summed E-state index contributed by atoms with van der Waals surface area (Å²) >= 11 is 0. The Kier molecular flexibility index (Phi) is 7.33. The summed E-state index contributed by atoms with van der Waals surface area (Å²) in [6, 6.07) is 12.6. The Bertz CT molecular complexity index is 1170. The van der Waals surface area contributed by atoms with E-state index in [-0.39, 0.29) is 41.4 Å². The molecule has 0 spiro atoms. The van der Waals surface area contributed by atoms with E-state index < -0.39 is 10.0 Å². The predicted octanol–water partition coefficient (Wildman–Crippen LogP) is 2.77. The van der Waals surface area contributed by atoms with Crippen molar-refractivity contribution in [3.63, 3.8) is 0 Å². The molecule has 2 N–H and O–H groups in total. The van der Waals surface area contributed by atoms with Gasteiger partial charge in [0.2, 0.25) is 5.75 Å². The summed E-state index contributed by atoms with van der Waals surface area (Å²) in [7, 11) is -1.03. The number of anilines is 1. The molecule has 170 valence electrons. The molecule has 0 aliphatic heterocycles. The molecule has 0 bridgehead atoms. The largest absolute Gasteiger partial charge is 0.497 e. The molecule has 11 heteroatoms. The quantitative estimate of drug-likeness (QED) is 0.468. The normalized spacial score (nSPS) is 11.0. The van der Waals surface area contributed by atoms with Crippen LogP contribution in [-0.4, -0.2) is 50.9 Å². The number of hydrogen-bond donors (Lipinski definition) is 2. The van der Waals surface area contributed by atoms with Crippen LogP contribution in [0, 0.1) is 6.92 Å². The lowest BCUT2D eigenvalue weighted by atomic mass is 10.3. The molecule has 0 saturated carbocycles. The fourth-order valence-electron chi connectivity index (χ4n) is 2.66. The second-order valence-electron chi connectivity index (χ2n) is 6.39. The van der Waals surface area contributed by atoms with Gasteiger partial charge in [-0.1, -0.05) is 6.07 Å². The number of benzene rings is 2. The van der Waals surface area contributed by atoms with E-state index in [2.05, 4.69) is 14.7 Å². The molecule has 0 unspecified atom stereocenters. The minimum absolute atomic E-state index is 0.000257. The maximum atomic E-state index is 13.0. The fourth-order valence-corrected chi connectivity index (χ4v) is 3.67. The van der Waals surface area contributed by atoms with E-state index in [0.717, 1.165) is 0 Å². The zero-order chi connectivity index (χ0) is 23.1. The topological polar surface area (TPSA) is 129 Å². The van der Waals surface area contributed by atoms with Crippen LogP contribution in [0.2, 0.25) is 0 Å². The Morgan fingerprint density at radius 2 is 1.66 bits per heavy atom. The van der Waals surface area contributed by atoms with Crippen LogP contribution in [0.5, 0.6) is 28.9 Å². The predicted molar refractivity (Wildman–Crippen MR) is 116 cm³/mol. The minimum atomic E-state index is -4.03. The van der Waals surface area contributed by atoms with Crippen molar-refractivity contribution >= 4 is 15.8 Å². The number of aryl methyl sites for hydroxylation is 1. The Hall–Kier alpha value is -3.57. The second-order valence-corrected chi connectivity index (χ2v) is 8.07. The van der Waals surface area contributed by atoms with Gasteiger partial charge < -0.3 is 24.1 Å². The standard InChI is InChI=1S/C21H23N3O7S/c1-14-22-20(24-32(26,27)18-9-7-15(28-2)8-10-18)19(21(23-14)30-12-11-25)31-17-6-4-5-16(13-17)29-3/h4-10,13,25H,11-12H2,1-3H3,(H,22,23,24). The summed E-state index contributed by atoms with van der Waals surface area (Å²) in [6.45, 7) is 1.23. The van der Waals surface area contributed by atoms with Gasteiger partial charge in [0.15, 0.2) is 5.82 Å². The van der Waals surface area contributed by atoms with Crippen molar-refractivity contribution in [3.05, 3.63) is 54.4 Å². The first-order valence-corrected chi connectivity index (χ1v) is 11.0. The molecule has 2 aromatic carbocycles. The third-order valence-corrected chi connectivity index (χ3v) is 5.49. The number of hydrogen-bond acceptors (Lipinski definition) is 9. The fraction of sp³-hybridized carbons (Fsp3) is 0.238. The van der Waals surface area contributed by atoms with Gasteiger partial charge in [-0.15, -0.1) is 0 Å². The number of aromatic nitrogens is 2. The number of ether oxygens (including phenoxy) is 4. The van der Waals surface area contributed by atoms with Crippen LogP contribution in [0.1, 0.15) is 5.82 Å². The summed E-state index contributed by atoms with van der Waals surface area (Å²) in [5.41, 5.74) is 0. The van der Waals surface area contributed by atoms with E-state index in [1.54, 1.807) is 31.2 Å². The highest BCUT2D eigenvalue weighted by Gasteiger charge is 2.23. The van der Waals surface area contributed by atoms with Crippen LogP contribution in [0.3, 0.4) is 0 Å². The zero-order valence-electron chi connectivity index (χ0n) is 17.7. The van der Waals surface area contributed by atoms with Gasteiger partial charge in [0, 0.05) is 6.07 Å². The Morgan fingerprint density at radius 3 is 2.31 bits per heavy atom. The van der Waals surface area contributed by atoms with Crippen LogP contribution in [-0.2, 0) is 10.0 Å². The summed E-state index contributed by atoms with van der Waals surface area (Å²) in [5, 5.41) is 9.15. The molecular weight excluding hydrogens is 438 g/mol. The lowest BCUT2D eigenvalue weighted by molar-refractivity contribution is 0.192. The molecule has 0 atom stereocenters. The Balaban J connectivity index is 2.03. The molecule has 3 rings (SSSR count). The zero-order valence-corrected chi connectivity index (χ0v) is 18.5. The Morgan fingerprint density at radius 1 is 0.969 bits per heavy atom. The monoisotopic (exact) mass is 461 g/mol. The van der Waals surface area contributed by atoms with Crippen molar-refractivity contribution in [2.75, 3.05) is 32.2 Å². The average molecular weight is 461 g/mol. The van der Waals surface area contributed by atoms with Gasteiger partial charge in [-0.3, -0.25) is 4.72 Å². The van der Waals surface area contributed by atoms with E-state index in [0.29, 0.717) is 17.2 Å². The molecule has 1 heterocycles. The SMILES string of the molecule is COc1ccc(S(=O)(=O)Nc2nc(C)nc(OCCO)c2Oc2cccc(OC)c2)cc1. The van der Waals surface area contributed by atoms with Crippen LogP contribution in [0.25, 0.3) is 0 Å². The van der Waals surface area contributed by atoms with Crippen molar-refractivity contribution in [2.24, 2.45) is 0 Å². The van der Waals surface area contributed by atoms with Crippen LogP contribution >= 0.6 is 0 Å². The summed E-state index contributed by atoms with van der Waals surface area (Å²) in [5.74, 6) is 1.43.